The summed E-state index contributed by atoms with van der Waals surface area (Å²) in [5.74, 6) is 0. The lowest BCUT2D eigenvalue weighted by molar-refractivity contribution is 0.107. The third-order valence-corrected chi connectivity index (χ3v) is 2.58. The molecule has 1 heterocycles. The highest BCUT2D eigenvalue weighted by Crippen LogP contribution is 2.31. The Hall–Kier alpha value is -0.260. The van der Waals surface area contributed by atoms with Gasteiger partial charge in [0.2, 0.25) is 0 Å². The maximum atomic E-state index is 12.4. The van der Waals surface area contributed by atoms with Crippen LogP contribution in [0, 0.1) is 0 Å². The molecule has 0 spiro atoms. The summed E-state index contributed by atoms with van der Waals surface area (Å²) in [6, 6.07) is 0.972. The zero-order valence-electron chi connectivity index (χ0n) is 6.40. The van der Waals surface area contributed by atoms with Gasteiger partial charge in [0, 0.05) is 5.56 Å². The number of hydrogen-bond donors (Lipinski definition) is 0. The lowest BCUT2D eigenvalue weighted by atomic mass is 10.2. The second-order valence-electron chi connectivity index (χ2n) is 2.27. The molecule has 7 heteroatoms. The number of carbonyl (C=O) groups is 1. The monoisotopic (exact) mass is 303 g/mol. The molecule has 2 nitrogen and oxygen atoms in total. The van der Waals surface area contributed by atoms with Crippen LogP contribution in [0.1, 0.15) is 22.5 Å². The summed E-state index contributed by atoms with van der Waals surface area (Å²) in [6.45, 7) is 0. The molecule has 0 bridgehead atoms. The topological polar surface area (TPSA) is 30.0 Å². The van der Waals surface area contributed by atoms with Gasteiger partial charge in [0.15, 0.2) is 0 Å². The van der Waals surface area contributed by atoms with E-state index in [9.17, 15) is 13.6 Å². The number of rotatable bonds is 2. The van der Waals surface area contributed by atoms with Crippen LogP contribution in [0.15, 0.2) is 10.5 Å². The van der Waals surface area contributed by atoms with E-state index in [0.29, 0.717) is 0 Å². The van der Waals surface area contributed by atoms with Crippen LogP contribution in [0.3, 0.4) is 0 Å². The molecule has 0 radical (unpaired) electrons. The zero-order chi connectivity index (χ0) is 10.9. The van der Waals surface area contributed by atoms with Gasteiger partial charge in [-0.25, -0.2) is 13.8 Å². The molecular weight excluding hydrogens is 303 g/mol. The van der Waals surface area contributed by atoms with Gasteiger partial charge in [0.25, 0.3) is 11.7 Å². The van der Waals surface area contributed by atoms with E-state index >= 15 is 0 Å². The van der Waals surface area contributed by atoms with Gasteiger partial charge in [-0.05, 0) is 33.6 Å². The summed E-state index contributed by atoms with van der Waals surface area (Å²) in [7, 11) is 0. The molecule has 0 amide bonds. The molecule has 1 aromatic heterocycles. The van der Waals surface area contributed by atoms with E-state index in [2.05, 4.69) is 20.9 Å². The number of pyridine rings is 1. The molecule has 0 fully saturated rings. The minimum Gasteiger partial charge on any atom is -0.274 e. The Kier molecular flexibility index (Phi) is 3.80. The second kappa shape index (κ2) is 4.51. The van der Waals surface area contributed by atoms with Crippen molar-refractivity contribution in [2.24, 2.45) is 0 Å². The number of hydrogen-bond acceptors (Lipinski definition) is 2. The lowest BCUT2D eigenvalue weighted by Gasteiger charge is -2.06. The molecule has 0 atom stereocenters. The van der Waals surface area contributed by atoms with Crippen LogP contribution in [-0.4, -0.2) is 10.2 Å². The van der Waals surface area contributed by atoms with Gasteiger partial charge in [-0.2, -0.15) is 0 Å². The predicted molar refractivity (Wildman–Crippen MR) is 52.1 cm³/mol. The van der Waals surface area contributed by atoms with Gasteiger partial charge in [-0.1, -0.05) is 11.6 Å². The first-order valence-corrected chi connectivity index (χ1v) is 4.82. The SMILES string of the molecule is O=C(Cl)c1nc(Cl)cc(C(F)F)c1Br. The second-order valence-corrected chi connectivity index (χ2v) is 3.79. The van der Waals surface area contributed by atoms with Crippen LogP contribution < -0.4 is 0 Å². The first-order chi connectivity index (χ1) is 6.43. The van der Waals surface area contributed by atoms with E-state index in [0.717, 1.165) is 6.07 Å². The van der Waals surface area contributed by atoms with Gasteiger partial charge in [-0.3, -0.25) is 4.79 Å². The zero-order valence-corrected chi connectivity index (χ0v) is 9.50. The summed E-state index contributed by atoms with van der Waals surface area (Å²) in [5.41, 5.74) is -0.719. The maximum Gasteiger partial charge on any atom is 0.272 e. The molecule has 0 aromatic carbocycles. The van der Waals surface area contributed by atoms with Gasteiger partial charge in [0.1, 0.15) is 10.8 Å². The van der Waals surface area contributed by atoms with Crippen molar-refractivity contribution in [2.75, 3.05) is 0 Å². The minimum atomic E-state index is -2.75. The number of aromatic nitrogens is 1. The van der Waals surface area contributed by atoms with E-state index in [1.165, 1.54) is 0 Å². The van der Waals surface area contributed by atoms with Crippen LogP contribution in [0.4, 0.5) is 8.78 Å². The molecule has 0 aliphatic heterocycles. The van der Waals surface area contributed by atoms with Crippen molar-refractivity contribution in [2.45, 2.75) is 6.43 Å². The number of carbonyl (C=O) groups excluding carboxylic acids is 1. The first-order valence-electron chi connectivity index (χ1n) is 3.27. The number of nitrogens with zero attached hydrogens (tertiary/aromatic N) is 1. The largest absolute Gasteiger partial charge is 0.274 e. The molecule has 0 aliphatic carbocycles. The standard InChI is InChI=1S/C7H2BrCl2F2NO/c8-4-2(7(11)12)1-3(9)13-5(4)6(10)14/h1,7H. The van der Waals surface area contributed by atoms with Crippen LogP contribution >= 0.6 is 39.1 Å². The quantitative estimate of drug-likeness (QED) is 0.614. The van der Waals surface area contributed by atoms with Crippen molar-refractivity contribution in [3.05, 3.63) is 26.9 Å². The molecule has 0 N–H and O–H groups in total. The van der Waals surface area contributed by atoms with Crippen LogP contribution in [0.25, 0.3) is 0 Å². The van der Waals surface area contributed by atoms with Crippen molar-refractivity contribution in [3.8, 4) is 0 Å². The fourth-order valence-electron chi connectivity index (χ4n) is 0.806. The summed E-state index contributed by atoms with van der Waals surface area (Å²) >= 11 is 13.4. The summed E-state index contributed by atoms with van der Waals surface area (Å²) in [4.78, 5) is 14.3. The molecular formula is C7H2BrCl2F2NO. The number of alkyl halides is 2. The normalized spacial score (nSPS) is 10.7. The highest BCUT2D eigenvalue weighted by Gasteiger charge is 2.20. The van der Waals surface area contributed by atoms with Crippen molar-refractivity contribution in [1.29, 1.82) is 0 Å². The fourth-order valence-corrected chi connectivity index (χ4v) is 1.81. The maximum absolute atomic E-state index is 12.4. The molecule has 14 heavy (non-hydrogen) atoms. The molecule has 0 unspecified atom stereocenters. The van der Waals surface area contributed by atoms with E-state index in [-0.39, 0.29) is 15.3 Å². The summed E-state index contributed by atoms with van der Waals surface area (Å²) in [5, 5.41) is -1.14. The van der Waals surface area contributed by atoms with Gasteiger partial charge < -0.3 is 0 Å². The average Bonchev–Trinajstić information content (AvgIpc) is 2.07. The Morgan fingerprint density at radius 3 is 2.57 bits per heavy atom. The third-order valence-electron chi connectivity index (χ3n) is 1.38. The molecule has 1 rings (SSSR count). The minimum absolute atomic E-state index is 0.128. The van der Waals surface area contributed by atoms with E-state index in [1.54, 1.807) is 0 Å². The highest BCUT2D eigenvalue weighted by atomic mass is 79.9. The van der Waals surface area contributed by atoms with Crippen molar-refractivity contribution >= 4 is 44.4 Å². The van der Waals surface area contributed by atoms with E-state index < -0.39 is 17.2 Å². The summed E-state index contributed by atoms with van der Waals surface area (Å²) < 4.78 is 24.6. The first kappa shape index (κ1) is 11.8. The Labute approximate surface area is 96.3 Å². The molecule has 0 saturated heterocycles. The van der Waals surface area contributed by atoms with Gasteiger partial charge in [-0.15, -0.1) is 0 Å². The molecule has 0 saturated carbocycles. The lowest BCUT2D eigenvalue weighted by Crippen LogP contribution is -2.00. The Morgan fingerprint density at radius 1 is 1.57 bits per heavy atom. The Balaban J connectivity index is 3.40. The van der Waals surface area contributed by atoms with Gasteiger partial charge >= 0.3 is 0 Å². The van der Waals surface area contributed by atoms with Crippen LogP contribution in [0.2, 0.25) is 5.15 Å². The smallest absolute Gasteiger partial charge is 0.272 e. The van der Waals surface area contributed by atoms with Gasteiger partial charge in [0.05, 0.1) is 4.47 Å². The van der Waals surface area contributed by atoms with Crippen molar-refractivity contribution < 1.29 is 13.6 Å². The van der Waals surface area contributed by atoms with Crippen molar-refractivity contribution in [3.63, 3.8) is 0 Å². The third kappa shape index (κ3) is 2.40. The molecule has 0 aliphatic rings. The summed E-state index contributed by atoms with van der Waals surface area (Å²) in [6.07, 6.45) is -2.75. The van der Waals surface area contributed by atoms with Crippen molar-refractivity contribution in [1.82, 2.24) is 4.98 Å². The highest BCUT2D eigenvalue weighted by molar-refractivity contribution is 9.10. The Morgan fingerprint density at radius 2 is 2.14 bits per heavy atom. The van der Waals surface area contributed by atoms with Crippen LogP contribution in [-0.2, 0) is 0 Å². The molecule has 1 aromatic rings. The van der Waals surface area contributed by atoms with E-state index in [4.69, 9.17) is 23.2 Å². The van der Waals surface area contributed by atoms with Crippen LogP contribution in [0.5, 0.6) is 0 Å². The van der Waals surface area contributed by atoms with E-state index in [1.807, 2.05) is 0 Å². The Bertz CT molecular complexity index is 386. The average molecular weight is 305 g/mol. The number of halogens is 5. The molecule has 76 valence electrons. The predicted octanol–water partition coefficient (Wildman–Crippen LogP) is 3.81. The fraction of sp³-hybridized carbons (Fsp3) is 0.143.